The van der Waals surface area contributed by atoms with Gasteiger partial charge >= 0.3 is 0 Å². The number of aromatic nitrogens is 2. The molecule has 0 unspecified atom stereocenters. The molecule has 0 saturated carbocycles. The van der Waals surface area contributed by atoms with Gasteiger partial charge in [-0.15, -0.1) is 0 Å². The minimum atomic E-state index is 0.0597. The van der Waals surface area contributed by atoms with E-state index in [0.29, 0.717) is 24.5 Å². The molecule has 2 aromatic rings. The van der Waals surface area contributed by atoms with E-state index in [4.69, 9.17) is 11.6 Å². The summed E-state index contributed by atoms with van der Waals surface area (Å²) in [6.45, 7) is 7.81. The second kappa shape index (κ2) is 6.71. The topological polar surface area (TPSA) is 41.4 Å². The lowest BCUT2D eigenvalue weighted by Crippen LogP contribution is -2.49. The monoisotopic (exact) mass is 357 g/mol. The lowest BCUT2D eigenvalue weighted by Gasteiger charge is -2.36. The number of rotatable bonds is 2. The molecular weight excluding hydrogens is 336 g/mol. The number of benzene rings is 1. The van der Waals surface area contributed by atoms with Crippen molar-refractivity contribution in [2.24, 2.45) is 0 Å². The Morgan fingerprint density at radius 1 is 1.08 bits per heavy atom. The van der Waals surface area contributed by atoms with E-state index >= 15 is 0 Å². The Kier molecular flexibility index (Phi) is 4.42. The van der Waals surface area contributed by atoms with Crippen molar-refractivity contribution in [3.8, 4) is 0 Å². The van der Waals surface area contributed by atoms with Crippen LogP contribution < -0.4 is 4.90 Å². The number of hydrogen-bond donors (Lipinski definition) is 0. The molecule has 6 heteroatoms. The third kappa shape index (κ3) is 3.01. The maximum Gasteiger partial charge on any atom is 0.272 e. The van der Waals surface area contributed by atoms with Gasteiger partial charge in [0.25, 0.3) is 5.91 Å². The summed E-state index contributed by atoms with van der Waals surface area (Å²) in [7, 11) is 0. The molecule has 5 nitrogen and oxygen atoms in total. The summed E-state index contributed by atoms with van der Waals surface area (Å²) in [6, 6.07) is 7.86. The average molecular weight is 358 g/mol. The van der Waals surface area contributed by atoms with Crippen molar-refractivity contribution in [3.63, 3.8) is 0 Å². The first-order valence-electron chi connectivity index (χ1n) is 8.85. The summed E-state index contributed by atoms with van der Waals surface area (Å²) in [5, 5.41) is 0.757. The Hall–Kier alpha value is -2.01. The molecule has 1 aromatic heterocycles. The summed E-state index contributed by atoms with van der Waals surface area (Å²) in [4.78, 5) is 21.7. The highest BCUT2D eigenvalue weighted by Gasteiger charge is 2.29. The maximum atomic E-state index is 13.0. The number of anilines is 1. The van der Waals surface area contributed by atoms with Crippen molar-refractivity contribution in [2.45, 2.75) is 25.8 Å². The van der Waals surface area contributed by atoms with Crippen LogP contribution in [0.1, 0.15) is 34.8 Å². The van der Waals surface area contributed by atoms with Crippen LogP contribution in [0.2, 0.25) is 5.02 Å². The second-order valence-electron chi connectivity index (χ2n) is 6.66. The van der Waals surface area contributed by atoms with Crippen molar-refractivity contribution in [2.75, 3.05) is 31.1 Å². The molecule has 0 N–H and O–H groups in total. The Labute approximate surface area is 153 Å². The number of para-hydroxylation sites is 1. The fourth-order valence-electron chi connectivity index (χ4n) is 3.79. The van der Waals surface area contributed by atoms with Crippen LogP contribution in [0, 0.1) is 6.92 Å². The first kappa shape index (κ1) is 16.5. The van der Waals surface area contributed by atoms with Crippen LogP contribution in [0.5, 0.6) is 0 Å². The van der Waals surface area contributed by atoms with Crippen molar-refractivity contribution < 1.29 is 4.79 Å². The summed E-state index contributed by atoms with van der Waals surface area (Å²) in [5.74, 6) is 1.07. The highest BCUT2D eigenvalue weighted by molar-refractivity contribution is 6.33. The molecule has 1 radical (unpaired) electrons. The zero-order valence-electron chi connectivity index (χ0n) is 14.2. The quantitative estimate of drug-likeness (QED) is 0.829. The summed E-state index contributed by atoms with van der Waals surface area (Å²) >= 11 is 6.30. The molecule has 131 valence electrons. The number of piperazine rings is 1. The fourth-order valence-corrected chi connectivity index (χ4v) is 4.04. The highest BCUT2D eigenvalue weighted by atomic mass is 35.5. The zero-order valence-corrected chi connectivity index (χ0v) is 15.0. The highest BCUT2D eigenvalue weighted by Crippen LogP contribution is 2.27. The van der Waals surface area contributed by atoms with E-state index < -0.39 is 0 Å². The largest absolute Gasteiger partial charge is 0.367 e. The van der Waals surface area contributed by atoms with Gasteiger partial charge in [0.15, 0.2) is 0 Å². The van der Waals surface area contributed by atoms with Crippen molar-refractivity contribution in [1.29, 1.82) is 0 Å². The molecule has 3 heterocycles. The van der Waals surface area contributed by atoms with Gasteiger partial charge in [-0.2, -0.15) is 0 Å². The van der Waals surface area contributed by atoms with E-state index in [9.17, 15) is 4.79 Å². The predicted molar refractivity (Wildman–Crippen MR) is 99.2 cm³/mol. The van der Waals surface area contributed by atoms with E-state index in [2.05, 4.69) is 21.4 Å². The molecule has 4 rings (SSSR count). The van der Waals surface area contributed by atoms with Gasteiger partial charge in [0, 0.05) is 39.1 Å². The van der Waals surface area contributed by atoms with Gasteiger partial charge in [-0.25, -0.2) is 4.98 Å². The Balaban J connectivity index is 1.49. The molecule has 0 spiro atoms. The van der Waals surface area contributed by atoms with Crippen LogP contribution in [-0.2, 0) is 13.0 Å². The van der Waals surface area contributed by atoms with E-state index in [1.54, 1.807) is 0 Å². The van der Waals surface area contributed by atoms with E-state index in [-0.39, 0.29) is 5.91 Å². The SMILES string of the molecule is [CH2]c1nc2n(c1C(=O)N1CCN(c3ccccc3Cl)CC1)CCCC2. The number of imidazole rings is 1. The number of amides is 1. The molecule has 2 aliphatic heterocycles. The number of carbonyl (C=O) groups excluding carboxylic acids is 1. The van der Waals surface area contributed by atoms with Gasteiger partial charge in [-0.1, -0.05) is 23.7 Å². The van der Waals surface area contributed by atoms with E-state index in [1.807, 2.05) is 29.2 Å². The number of carbonyl (C=O) groups is 1. The molecule has 25 heavy (non-hydrogen) atoms. The van der Waals surface area contributed by atoms with Gasteiger partial charge in [-0.3, -0.25) is 4.79 Å². The third-order valence-corrected chi connectivity index (χ3v) is 5.43. The molecule has 1 amide bonds. The second-order valence-corrected chi connectivity index (χ2v) is 7.07. The van der Waals surface area contributed by atoms with E-state index in [1.165, 1.54) is 0 Å². The van der Waals surface area contributed by atoms with Crippen LogP contribution >= 0.6 is 11.6 Å². The fraction of sp³-hybridized carbons (Fsp3) is 0.421. The Bertz CT molecular complexity index is 793. The number of aryl methyl sites for hydroxylation is 1. The Morgan fingerprint density at radius 2 is 1.84 bits per heavy atom. The molecule has 0 aliphatic carbocycles. The van der Waals surface area contributed by atoms with Crippen LogP contribution in [0.4, 0.5) is 5.69 Å². The predicted octanol–water partition coefficient (Wildman–Crippen LogP) is 3.02. The van der Waals surface area contributed by atoms with Gasteiger partial charge < -0.3 is 14.4 Å². The first-order chi connectivity index (χ1) is 12.1. The average Bonchev–Trinajstić information content (AvgIpc) is 2.97. The molecule has 0 bridgehead atoms. The zero-order chi connectivity index (χ0) is 17.4. The normalized spacial score (nSPS) is 17.5. The van der Waals surface area contributed by atoms with Gasteiger partial charge in [0.05, 0.1) is 16.4 Å². The molecule has 1 fully saturated rings. The van der Waals surface area contributed by atoms with Crippen molar-refractivity contribution in [3.05, 3.63) is 53.4 Å². The van der Waals surface area contributed by atoms with E-state index in [0.717, 1.165) is 55.4 Å². The molecule has 2 aliphatic rings. The maximum absolute atomic E-state index is 13.0. The number of halogens is 1. The minimum Gasteiger partial charge on any atom is -0.367 e. The summed E-state index contributed by atoms with van der Waals surface area (Å²) < 4.78 is 2.08. The smallest absolute Gasteiger partial charge is 0.272 e. The lowest BCUT2D eigenvalue weighted by molar-refractivity contribution is 0.0734. The molecule has 1 saturated heterocycles. The standard InChI is InChI=1S/C19H22ClN4O/c1-14-18(24-9-5-4-8-17(24)21-14)19(25)23-12-10-22(11-13-23)16-7-3-2-6-15(16)20/h2-3,6-7H,1,4-5,8-13H2. The summed E-state index contributed by atoms with van der Waals surface area (Å²) in [5.41, 5.74) is 2.34. The minimum absolute atomic E-state index is 0.0597. The van der Waals surface area contributed by atoms with Crippen molar-refractivity contribution >= 4 is 23.2 Å². The summed E-state index contributed by atoms with van der Waals surface area (Å²) in [6.07, 6.45) is 3.18. The van der Waals surface area contributed by atoms with Crippen LogP contribution in [0.15, 0.2) is 24.3 Å². The number of hydrogen-bond acceptors (Lipinski definition) is 3. The number of nitrogens with zero attached hydrogens (tertiary/aromatic N) is 4. The molecular formula is C19H22ClN4O. The first-order valence-corrected chi connectivity index (χ1v) is 9.23. The molecule has 0 atom stereocenters. The van der Waals surface area contributed by atoms with Crippen LogP contribution in [0.25, 0.3) is 0 Å². The van der Waals surface area contributed by atoms with Crippen molar-refractivity contribution in [1.82, 2.24) is 14.5 Å². The van der Waals surface area contributed by atoms with Crippen LogP contribution in [0.3, 0.4) is 0 Å². The number of fused-ring (bicyclic) bond motifs is 1. The van der Waals surface area contributed by atoms with Gasteiger partial charge in [0.1, 0.15) is 11.5 Å². The Morgan fingerprint density at radius 3 is 2.60 bits per heavy atom. The van der Waals surface area contributed by atoms with Gasteiger partial charge in [0.2, 0.25) is 0 Å². The van der Waals surface area contributed by atoms with Gasteiger partial charge in [-0.05, 0) is 31.9 Å². The molecule has 1 aromatic carbocycles. The lowest BCUT2D eigenvalue weighted by atomic mass is 10.1. The van der Waals surface area contributed by atoms with Crippen LogP contribution in [-0.4, -0.2) is 46.5 Å². The third-order valence-electron chi connectivity index (χ3n) is 5.11.